The van der Waals surface area contributed by atoms with E-state index < -0.39 is 0 Å². The van der Waals surface area contributed by atoms with Crippen LogP contribution in [0.25, 0.3) is 0 Å². The van der Waals surface area contributed by atoms with Crippen molar-refractivity contribution in [3.05, 3.63) is 85.6 Å². The highest BCUT2D eigenvalue weighted by Gasteiger charge is 2.17. The van der Waals surface area contributed by atoms with Crippen molar-refractivity contribution in [1.29, 1.82) is 0 Å². The average Bonchev–Trinajstić information content (AvgIpc) is 2.42. The molecule has 0 rings (SSSR count). The van der Waals surface area contributed by atoms with E-state index in [9.17, 15) is 4.79 Å². The Balaban J connectivity index is 5.25. The number of Topliss-reactive ketones (excluding diaryl/α,β-unsaturated/α-hetero) is 1. The smallest absolute Gasteiger partial charge is 0.170 e. The summed E-state index contributed by atoms with van der Waals surface area (Å²) in [5.74, 6) is -0.189. The Labute approximate surface area is 116 Å². The third-order valence-corrected chi connectivity index (χ3v) is 2.59. The molecule has 1 heteroatoms. The van der Waals surface area contributed by atoms with Crippen LogP contribution in [0.1, 0.15) is 13.8 Å². The molecule has 0 aliphatic carbocycles. The zero-order valence-corrected chi connectivity index (χ0v) is 11.8. The van der Waals surface area contributed by atoms with Crippen molar-refractivity contribution < 1.29 is 4.79 Å². The van der Waals surface area contributed by atoms with Gasteiger partial charge in [-0.15, -0.1) is 0 Å². The second-order valence-corrected chi connectivity index (χ2v) is 3.94. The van der Waals surface area contributed by atoms with Crippen LogP contribution < -0.4 is 0 Å². The molecule has 0 spiro atoms. The SMILES string of the molecule is C=C/C=C\C=C(/C=C)C(=O)C(C)C(/C=C\C)=C/C=C. The quantitative estimate of drug-likeness (QED) is 0.452. The van der Waals surface area contributed by atoms with Crippen LogP contribution in [0.4, 0.5) is 0 Å². The van der Waals surface area contributed by atoms with Crippen LogP contribution in [0.15, 0.2) is 85.6 Å². The maximum absolute atomic E-state index is 12.4. The van der Waals surface area contributed by atoms with E-state index in [0.29, 0.717) is 5.57 Å². The molecule has 0 aromatic carbocycles. The standard InChI is InChI=1S/C18H22O/c1-6-10-11-14-16(9-4)18(19)15(5)17(12-7-2)13-8-3/h6-15H,1-2,4H2,3,5H3/b11-10-,13-8-,16-14+,17-12+. The fourth-order valence-electron chi connectivity index (χ4n) is 1.56. The summed E-state index contributed by atoms with van der Waals surface area (Å²) in [4.78, 5) is 12.4. The summed E-state index contributed by atoms with van der Waals surface area (Å²) < 4.78 is 0. The van der Waals surface area contributed by atoms with Crippen molar-refractivity contribution in [2.45, 2.75) is 13.8 Å². The zero-order valence-electron chi connectivity index (χ0n) is 11.8. The predicted molar refractivity (Wildman–Crippen MR) is 84.9 cm³/mol. The van der Waals surface area contributed by atoms with Gasteiger partial charge < -0.3 is 0 Å². The van der Waals surface area contributed by atoms with Crippen LogP contribution in [0.2, 0.25) is 0 Å². The Bertz CT molecular complexity index is 456. The lowest BCUT2D eigenvalue weighted by Crippen LogP contribution is -2.14. The number of hydrogen-bond donors (Lipinski definition) is 0. The van der Waals surface area contributed by atoms with Crippen LogP contribution in [0, 0.1) is 5.92 Å². The van der Waals surface area contributed by atoms with Gasteiger partial charge in [-0.1, -0.05) is 81.3 Å². The molecule has 0 bridgehead atoms. The summed E-state index contributed by atoms with van der Waals surface area (Å²) >= 11 is 0. The van der Waals surface area contributed by atoms with Gasteiger partial charge in [0, 0.05) is 11.5 Å². The number of carbonyl (C=O) groups is 1. The highest BCUT2D eigenvalue weighted by molar-refractivity contribution is 6.01. The molecule has 0 aromatic heterocycles. The molecular weight excluding hydrogens is 232 g/mol. The van der Waals surface area contributed by atoms with Gasteiger partial charge in [0.2, 0.25) is 0 Å². The zero-order chi connectivity index (χ0) is 14.7. The minimum Gasteiger partial charge on any atom is -0.294 e. The second-order valence-electron chi connectivity index (χ2n) is 3.94. The largest absolute Gasteiger partial charge is 0.294 e. The number of carbonyl (C=O) groups excluding carboxylic acids is 1. The summed E-state index contributed by atoms with van der Waals surface area (Å²) in [7, 11) is 0. The van der Waals surface area contributed by atoms with Gasteiger partial charge in [0.25, 0.3) is 0 Å². The molecule has 0 saturated carbocycles. The highest BCUT2D eigenvalue weighted by Crippen LogP contribution is 2.18. The minimum absolute atomic E-state index is 0.0370. The van der Waals surface area contributed by atoms with E-state index in [4.69, 9.17) is 0 Å². The molecule has 1 unspecified atom stereocenters. The lowest BCUT2D eigenvalue weighted by atomic mass is 9.91. The average molecular weight is 254 g/mol. The molecule has 0 amide bonds. The molecule has 1 atom stereocenters. The van der Waals surface area contributed by atoms with Crippen molar-refractivity contribution in [3.63, 3.8) is 0 Å². The molecule has 0 heterocycles. The van der Waals surface area contributed by atoms with Gasteiger partial charge in [-0.25, -0.2) is 0 Å². The number of rotatable bonds is 8. The van der Waals surface area contributed by atoms with Crippen LogP contribution >= 0.6 is 0 Å². The monoisotopic (exact) mass is 254 g/mol. The Hall–Kier alpha value is -2.15. The number of ketones is 1. The lowest BCUT2D eigenvalue weighted by Gasteiger charge is -2.12. The van der Waals surface area contributed by atoms with E-state index in [-0.39, 0.29) is 11.7 Å². The molecule has 0 saturated heterocycles. The predicted octanol–water partition coefficient (Wildman–Crippen LogP) is 4.73. The summed E-state index contributed by atoms with van der Waals surface area (Å²) in [6, 6.07) is 0. The van der Waals surface area contributed by atoms with Gasteiger partial charge in [-0.05, 0) is 12.5 Å². The molecule has 0 aromatic rings. The van der Waals surface area contributed by atoms with Crippen molar-refractivity contribution >= 4 is 5.78 Å². The molecule has 0 N–H and O–H groups in total. The van der Waals surface area contributed by atoms with Gasteiger partial charge in [0.15, 0.2) is 5.78 Å². The van der Waals surface area contributed by atoms with Crippen LogP contribution in [0.5, 0.6) is 0 Å². The summed E-state index contributed by atoms with van der Waals surface area (Å²) in [6.45, 7) is 14.7. The normalized spacial score (nSPS) is 14.6. The summed E-state index contributed by atoms with van der Waals surface area (Å²) in [5, 5.41) is 0. The molecule has 1 nitrogen and oxygen atoms in total. The van der Waals surface area contributed by atoms with E-state index >= 15 is 0 Å². The molecule has 0 fully saturated rings. The first-order valence-corrected chi connectivity index (χ1v) is 6.23. The Morgan fingerprint density at radius 2 is 1.74 bits per heavy atom. The van der Waals surface area contributed by atoms with Crippen molar-refractivity contribution in [3.8, 4) is 0 Å². The fourth-order valence-corrected chi connectivity index (χ4v) is 1.56. The van der Waals surface area contributed by atoms with Crippen LogP contribution in [-0.2, 0) is 4.79 Å². The molecule has 19 heavy (non-hydrogen) atoms. The summed E-state index contributed by atoms with van der Waals surface area (Å²) in [5.41, 5.74) is 1.52. The Kier molecular flexibility index (Phi) is 8.72. The molecule has 0 radical (unpaired) electrons. The molecular formula is C18H22O. The van der Waals surface area contributed by atoms with Gasteiger partial charge in [0.05, 0.1) is 0 Å². The van der Waals surface area contributed by atoms with Crippen molar-refractivity contribution in [2.24, 2.45) is 5.92 Å². The van der Waals surface area contributed by atoms with Crippen LogP contribution in [-0.4, -0.2) is 5.78 Å². The maximum Gasteiger partial charge on any atom is 0.170 e. The van der Waals surface area contributed by atoms with E-state index in [2.05, 4.69) is 19.7 Å². The maximum atomic E-state index is 12.4. The van der Waals surface area contributed by atoms with Gasteiger partial charge in [0.1, 0.15) is 0 Å². The second kappa shape index (κ2) is 9.84. The lowest BCUT2D eigenvalue weighted by molar-refractivity contribution is -0.117. The van der Waals surface area contributed by atoms with Gasteiger partial charge in [-0.2, -0.15) is 0 Å². The highest BCUT2D eigenvalue weighted by atomic mass is 16.1. The molecule has 100 valence electrons. The minimum atomic E-state index is -0.226. The van der Waals surface area contributed by atoms with E-state index in [1.54, 1.807) is 36.5 Å². The van der Waals surface area contributed by atoms with E-state index in [0.717, 1.165) is 5.57 Å². The first-order valence-electron chi connectivity index (χ1n) is 6.23. The first kappa shape index (κ1) is 16.9. The third-order valence-electron chi connectivity index (χ3n) is 2.59. The first-order chi connectivity index (χ1) is 9.12. The van der Waals surface area contributed by atoms with E-state index in [1.807, 2.05) is 32.1 Å². The van der Waals surface area contributed by atoms with Crippen LogP contribution in [0.3, 0.4) is 0 Å². The summed E-state index contributed by atoms with van der Waals surface area (Å²) in [6.07, 6.45) is 15.9. The fraction of sp³-hybridized carbons (Fsp3) is 0.167. The van der Waals surface area contributed by atoms with Crippen molar-refractivity contribution in [2.75, 3.05) is 0 Å². The number of allylic oxidation sites excluding steroid dienone is 11. The Morgan fingerprint density at radius 3 is 2.21 bits per heavy atom. The van der Waals surface area contributed by atoms with Gasteiger partial charge in [-0.3, -0.25) is 4.79 Å². The number of hydrogen-bond acceptors (Lipinski definition) is 1. The van der Waals surface area contributed by atoms with Crippen molar-refractivity contribution in [1.82, 2.24) is 0 Å². The Morgan fingerprint density at radius 1 is 1.05 bits per heavy atom. The van der Waals surface area contributed by atoms with Gasteiger partial charge >= 0.3 is 0 Å². The molecule has 0 aliphatic heterocycles. The molecule has 0 aliphatic rings. The topological polar surface area (TPSA) is 17.1 Å². The third kappa shape index (κ3) is 5.82. The van der Waals surface area contributed by atoms with E-state index in [1.165, 1.54) is 0 Å².